The van der Waals surface area contributed by atoms with Crippen molar-refractivity contribution in [3.8, 4) is 0 Å². The molecule has 0 spiro atoms. The molecule has 0 aliphatic heterocycles. The van der Waals surface area contributed by atoms with Gasteiger partial charge >= 0.3 is 17.9 Å². The van der Waals surface area contributed by atoms with E-state index < -0.39 is 6.10 Å². The van der Waals surface area contributed by atoms with Gasteiger partial charge in [0, 0.05) is 19.3 Å². The number of carbonyl (C=O) groups is 3. The van der Waals surface area contributed by atoms with E-state index in [4.69, 9.17) is 14.2 Å². The van der Waals surface area contributed by atoms with E-state index in [1.807, 2.05) is 0 Å². The van der Waals surface area contributed by atoms with Crippen molar-refractivity contribution >= 4 is 17.9 Å². The van der Waals surface area contributed by atoms with Crippen LogP contribution in [0.15, 0.2) is 60.8 Å². The van der Waals surface area contributed by atoms with Crippen LogP contribution in [0.3, 0.4) is 0 Å². The second kappa shape index (κ2) is 62.6. The third kappa shape index (κ3) is 60.0. The van der Waals surface area contributed by atoms with Gasteiger partial charge < -0.3 is 14.2 Å². The normalized spacial score (nSPS) is 12.4. The molecule has 0 fully saturated rings. The van der Waals surface area contributed by atoms with Gasteiger partial charge in [-0.05, 0) is 64.2 Å². The van der Waals surface area contributed by atoms with Gasteiger partial charge in [-0.15, -0.1) is 0 Å². The molecule has 6 heteroatoms. The second-order valence-corrected chi connectivity index (χ2v) is 21.7. The number of allylic oxidation sites excluding steroid dienone is 10. The standard InChI is InChI=1S/C68H122O6/c1-4-7-10-13-15-17-19-21-23-25-27-29-30-31-32-33-34-35-36-37-38-39-41-42-44-46-48-50-52-55-58-61-67(70)73-64-65(63-72-66(69)60-57-54-12-9-6-3)74-68(71)62-59-56-53-51-49-47-45-43-40-28-26-24-22-20-18-16-14-11-8-5-2/h7,10,15,17,21,23,27,29,31-32,65H,4-6,8-9,11-14,16,18-20,22,24-26,28,30,33-64H2,1-3H3/b10-7-,17-15-,23-21-,29-27-,32-31-. The Hall–Kier alpha value is -2.89. The van der Waals surface area contributed by atoms with Crippen molar-refractivity contribution in [1.82, 2.24) is 0 Å². The van der Waals surface area contributed by atoms with Crippen LogP contribution < -0.4 is 0 Å². The summed E-state index contributed by atoms with van der Waals surface area (Å²) in [6.45, 7) is 6.49. The number of hydrogen-bond donors (Lipinski definition) is 0. The van der Waals surface area contributed by atoms with E-state index in [-0.39, 0.29) is 31.1 Å². The first kappa shape index (κ1) is 71.1. The molecule has 0 aromatic carbocycles. The van der Waals surface area contributed by atoms with Crippen LogP contribution >= 0.6 is 0 Å². The molecular weight excluding hydrogens is 913 g/mol. The van der Waals surface area contributed by atoms with E-state index in [0.29, 0.717) is 19.3 Å². The molecule has 0 aromatic heterocycles. The van der Waals surface area contributed by atoms with E-state index >= 15 is 0 Å². The lowest BCUT2D eigenvalue weighted by Crippen LogP contribution is -2.30. The Morgan fingerprint density at radius 2 is 0.527 bits per heavy atom. The van der Waals surface area contributed by atoms with Crippen molar-refractivity contribution in [2.24, 2.45) is 0 Å². The van der Waals surface area contributed by atoms with Crippen molar-refractivity contribution in [3.05, 3.63) is 60.8 Å². The molecule has 430 valence electrons. The fraction of sp³-hybridized carbons (Fsp3) is 0.809. The van der Waals surface area contributed by atoms with E-state index in [2.05, 4.69) is 81.5 Å². The smallest absolute Gasteiger partial charge is 0.306 e. The first-order valence-corrected chi connectivity index (χ1v) is 32.3. The number of hydrogen-bond acceptors (Lipinski definition) is 6. The fourth-order valence-corrected chi connectivity index (χ4v) is 9.47. The van der Waals surface area contributed by atoms with Crippen molar-refractivity contribution in [1.29, 1.82) is 0 Å². The third-order valence-electron chi connectivity index (χ3n) is 14.3. The van der Waals surface area contributed by atoms with E-state index in [1.165, 1.54) is 199 Å². The highest BCUT2D eigenvalue weighted by Gasteiger charge is 2.19. The highest BCUT2D eigenvalue weighted by atomic mass is 16.6. The largest absolute Gasteiger partial charge is 0.462 e. The summed E-state index contributed by atoms with van der Waals surface area (Å²) in [5, 5.41) is 0. The molecule has 0 aliphatic rings. The summed E-state index contributed by atoms with van der Waals surface area (Å²) in [4.78, 5) is 37.9. The van der Waals surface area contributed by atoms with Gasteiger partial charge in [0.25, 0.3) is 0 Å². The number of carbonyl (C=O) groups excluding carboxylic acids is 3. The van der Waals surface area contributed by atoms with Crippen LogP contribution in [0.25, 0.3) is 0 Å². The van der Waals surface area contributed by atoms with Crippen LogP contribution in [0.2, 0.25) is 0 Å². The summed E-state index contributed by atoms with van der Waals surface area (Å²) >= 11 is 0. The Balaban J connectivity index is 3.96. The van der Waals surface area contributed by atoms with Crippen molar-refractivity contribution < 1.29 is 28.6 Å². The minimum absolute atomic E-state index is 0.0694. The van der Waals surface area contributed by atoms with Crippen LogP contribution in [0.5, 0.6) is 0 Å². The lowest BCUT2D eigenvalue weighted by molar-refractivity contribution is -0.167. The van der Waals surface area contributed by atoms with Crippen molar-refractivity contribution in [2.75, 3.05) is 13.2 Å². The molecular formula is C68H122O6. The molecule has 0 heterocycles. The molecule has 74 heavy (non-hydrogen) atoms. The summed E-state index contributed by atoms with van der Waals surface area (Å²) in [7, 11) is 0. The average molecular weight is 1040 g/mol. The van der Waals surface area contributed by atoms with Crippen LogP contribution in [0.1, 0.15) is 335 Å². The van der Waals surface area contributed by atoms with Gasteiger partial charge in [0.2, 0.25) is 0 Å². The van der Waals surface area contributed by atoms with E-state index in [9.17, 15) is 14.4 Å². The SMILES string of the molecule is CC/C=C\C/C=C\C/C=C\C/C=C\C/C=C\CCCCCCCCCCCCCCCCCC(=O)OCC(COC(=O)CCCCCCC)OC(=O)CCCCCCCCCCCCCCCCCCCCCC. The zero-order valence-electron chi connectivity index (χ0n) is 49.4. The Morgan fingerprint density at radius 3 is 0.824 bits per heavy atom. The van der Waals surface area contributed by atoms with Gasteiger partial charge in [-0.25, -0.2) is 0 Å². The number of rotatable bonds is 59. The highest BCUT2D eigenvalue weighted by Crippen LogP contribution is 2.18. The highest BCUT2D eigenvalue weighted by molar-refractivity contribution is 5.71. The summed E-state index contributed by atoms with van der Waals surface area (Å²) < 4.78 is 16.8. The monoisotopic (exact) mass is 1030 g/mol. The molecule has 0 rings (SSSR count). The van der Waals surface area contributed by atoms with Crippen LogP contribution in [-0.2, 0) is 28.6 Å². The maximum absolute atomic E-state index is 12.8. The summed E-state index contributed by atoms with van der Waals surface area (Å²) in [5.74, 6) is -0.865. The van der Waals surface area contributed by atoms with E-state index in [1.54, 1.807) is 0 Å². The predicted molar refractivity (Wildman–Crippen MR) is 321 cm³/mol. The van der Waals surface area contributed by atoms with Crippen molar-refractivity contribution in [2.45, 2.75) is 341 Å². The predicted octanol–water partition coefficient (Wildman–Crippen LogP) is 21.9. The van der Waals surface area contributed by atoms with E-state index in [0.717, 1.165) is 96.3 Å². The third-order valence-corrected chi connectivity index (χ3v) is 14.3. The second-order valence-electron chi connectivity index (χ2n) is 21.7. The maximum Gasteiger partial charge on any atom is 0.306 e. The first-order chi connectivity index (χ1) is 36.5. The molecule has 0 bridgehead atoms. The molecule has 0 saturated heterocycles. The molecule has 1 atom stereocenters. The average Bonchev–Trinajstić information content (AvgIpc) is 3.40. The van der Waals surface area contributed by atoms with Crippen LogP contribution in [-0.4, -0.2) is 37.2 Å². The van der Waals surface area contributed by atoms with Gasteiger partial charge in [-0.3, -0.25) is 14.4 Å². The molecule has 0 aliphatic carbocycles. The summed E-state index contributed by atoms with van der Waals surface area (Å²) in [5.41, 5.74) is 0. The first-order valence-electron chi connectivity index (χ1n) is 32.3. The summed E-state index contributed by atoms with van der Waals surface area (Å²) in [6.07, 6.45) is 80.0. The molecule has 6 nitrogen and oxygen atoms in total. The minimum atomic E-state index is -0.767. The Morgan fingerprint density at radius 1 is 0.284 bits per heavy atom. The zero-order valence-corrected chi connectivity index (χ0v) is 49.4. The maximum atomic E-state index is 12.8. The molecule has 0 radical (unpaired) electrons. The Labute approximate surface area is 460 Å². The zero-order chi connectivity index (χ0) is 53.6. The quantitative estimate of drug-likeness (QED) is 0.0261. The lowest BCUT2D eigenvalue weighted by Gasteiger charge is -2.18. The Bertz CT molecular complexity index is 1330. The number of ether oxygens (including phenoxy) is 3. The number of unbranched alkanes of at least 4 members (excludes halogenated alkanes) is 38. The molecule has 0 amide bonds. The lowest BCUT2D eigenvalue weighted by atomic mass is 10.0. The number of esters is 3. The summed E-state index contributed by atoms with van der Waals surface area (Å²) in [6, 6.07) is 0. The van der Waals surface area contributed by atoms with Gasteiger partial charge in [0.1, 0.15) is 13.2 Å². The van der Waals surface area contributed by atoms with Crippen LogP contribution in [0.4, 0.5) is 0 Å². The van der Waals surface area contributed by atoms with Gasteiger partial charge in [0.15, 0.2) is 6.10 Å². The topological polar surface area (TPSA) is 78.9 Å². The van der Waals surface area contributed by atoms with Crippen molar-refractivity contribution in [3.63, 3.8) is 0 Å². The van der Waals surface area contributed by atoms with Crippen LogP contribution in [0, 0.1) is 0 Å². The molecule has 0 saturated carbocycles. The molecule has 1 unspecified atom stereocenters. The van der Waals surface area contributed by atoms with Gasteiger partial charge in [-0.1, -0.05) is 313 Å². The fourth-order valence-electron chi connectivity index (χ4n) is 9.47. The van der Waals surface area contributed by atoms with Gasteiger partial charge in [0.05, 0.1) is 0 Å². The Kier molecular flexibility index (Phi) is 60.2. The van der Waals surface area contributed by atoms with Gasteiger partial charge in [-0.2, -0.15) is 0 Å². The molecule has 0 N–H and O–H groups in total. The minimum Gasteiger partial charge on any atom is -0.462 e. The molecule has 0 aromatic rings.